The maximum Gasteiger partial charge on any atom is 0.188 e. The standard InChI is InChI=1S/C21H18FN5O.CH4/c1-12-7-15(26-28-12)10-20-25-19-11-24-18-6-4-14(23-2)9-17(18)21(19)27(20)16-5-3-13(22)8-16;/h4,6-7,9,11,13,16H,3,5,8,10H2,1H3;1H4/t13-,16+;/m0./s1. The molecular formula is C22H22FN5O. The van der Waals surface area contributed by atoms with Gasteiger partial charge < -0.3 is 9.09 Å². The zero-order valence-electron chi connectivity index (χ0n) is 15.4. The van der Waals surface area contributed by atoms with Crippen molar-refractivity contribution in [3.05, 3.63) is 59.2 Å². The van der Waals surface area contributed by atoms with E-state index in [4.69, 9.17) is 16.1 Å². The van der Waals surface area contributed by atoms with E-state index >= 15 is 0 Å². The van der Waals surface area contributed by atoms with E-state index in [1.165, 1.54) is 0 Å². The van der Waals surface area contributed by atoms with Gasteiger partial charge in [-0.15, -0.1) is 0 Å². The molecule has 0 unspecified atom stereocenters. The highest BCUT2D eigenvalue weighted by atomic mass is 19.1. The molecule has 1 fully saturated rings. The molecule has 2 atom stereocenters. The highest BCUT2D eigenvalue weighted by Crippen LogP contribution is 2.38. The molecule has 5 rings (SSSR count). The number of fused-ring (bicyclic) bond motifs is 3. The number of benzene rings is 1. The SMILES string of the molecule is C.[C-]#[N+]c1ccc2ncc3nc(Cc4cc(C)on4)n([C@@H]4CC[C@H](F)C4)c3c2c1. The van der Waals surface area contributed by atoms with E-state index in [-0.39, 0.29) is 13.5 Å². The van der Waals surface area contributed by atoms with Crippen molar-refractivity contribution in [2.75, 3.05) is 0 Å². The Bertz CT molecular complexity index is 1240. The Hall–Kier alpha value is -3.27. The first-order valence-corrected chi connectivity index (χ1v) is 9.35. The van der Waals surface area contributed by atoms with Crippen molar-refractivity contribution < 1.29 is 8.91 Å². The summed E-state index contributed by atoms with van der Waals surface area (Å²) in [5, 5.41) is 4.97. The second kappa shape index (κ2) is 7.28. The van der Waals surface area contributed by atoms with Crippen molar-refractivity contribution in [1.29, 1.82) is 0 Å². The van der Waals surface area contributed by atoms with Gasteiger partial charge in [0.2, 0.25) is 0 Å². The van der Waals surface area contributed by atoms with Crippen LogP contribution < -0.4 is 0 Å². The van der Waals surface area contributed by atoms with Crippen molar-refractivity contribution in [2.24, 2.45) is 0 Å². The minimum atomic E-state index is -0.795. The fourth-order valence-corrected chi connectivity index (χ4v) is 4.20. The predicted molar refractivity (Wildman–Crippen MR) is 110 cm³/mol. The van der Waals surface area contributed by atoms with E-state index < -0.39 is 6.17 Å². The number of pyridine rings is 1. The molecule has 3 heterocycles. The molecule has 0 amide bonds. The van der Waals surface area contributed by atoms with Crippen LogP contribution in [0.3, 0.4) is 0 Å². The van der Waals surface area contributed by atoms with E-state index in [2.05, 4.69) is 19.6 Å². The first kappa shape index (κ1) is 19.1. The molecule has 1 saturated carbocycles. The number of nitrogens with zero attached hydrogens (tertiary/aromatic N) is 5. The molecule has 1 aromatic carbocycles. The highest BCUT2D eigenvalue weighted by Gasteiger charge is 2.29. The average molecular weight is 391 g/mol. The predicted octanol–water partition coefficient (Wildman–Crippen LogP) is 5.72. The second-order valence-electron chi connectivity index (χ2n) is 7.37. The van der Waals surface area contributed by atoms with E-state index in [0.29, 0.717) is 24.9 Å². The lowest BCUT2D eigenvalue weighted by atomic mass is 10.1. The van der Waals surface area contributed by atoms with Crippen molar-refractivity contribution in [1.82, 2.24) is 19.7 Å². The van der Waals surface area contributed by atoms with Crippen LogP contribution in [0.1, 0.15) is 50.0 Å². The van der Waals surface area contributed by atoms with Crippen LogP contribution in [0.5, 0.6) is 0 Å². The van der Waals surface area contributed by atoms with Crippen molar-refractivity contribution in [2.45, 2.75) is 52.2 Å². The van der Waals surface area contributed by atoms with E-state index in [1.54, 1.807) is 12.3 Å². The van der Waals surface area contributed by atoms with E-state index in [0.717, 1.165) is 45.6 Å². The van der Waals surface area contributed by atoms with Crippen molar-refractivity contribution in [3.8, 4) is 0 Å². The molecule has 3 aromatic heterocycles. The van der Waals surface area contributed by atoms with Gasteiger partial charge in [-0.1, -0.05) is 18.6 Å². The minimum Gasteiger partial charge on any atom is -0.361 e. The lowest BCUT2D eigenvalue weighted by Gasteiger charge is -2.17. The molecule has 1 aliphatic carbocycles. The molecule has 29 heavy (non-hydrogen) atoms. The van der Waals surface area contributed by atoms with Gasteiger partial charge in [-0.05, 0) is 38.3 Å². The molecule has 4 aromatic rings. The summed E-state index contributed by atoms with van der Waals surface area (Å²) in [5.41, 5.74) is 3.83. The van der Waals surface area contributed by atoms with Gasteiger partial charge in [0.15, 0.2) is 5.69 Å². The number of hydrogen-bond acceptors (Lipinski definition) is 4. The van der Waals surface area contributed by atoms with Gasteiger partial charge in [0.25, 0.3) is 0 Å². The van der Waals surface area contributed by atoms with E-state index in [9.17, 15) is 4.39 Å². The third-order valence-electron chi connectivity index (χ3n) is 5.42. The Balaban J connectivity index is 0.00000205. The summed E-state index contributed by atoms with van der Waals surface area (Å²) >= 11 is 0. The Labute approximate surface area is 168 Å². The molecule has 0 N–H and O–H groups in total. The largest absolute Gasteiger partial charge is 0.361 e. The zero-order valence-corrected chi connectivity index (χ0v) is 15.4. The second-order valence-corrected chi connectivity index (χ2v) is 7.37. The number of rotatable bonds is 3. The normalized spacial score (nSPS) is 18.8. The van der Waals surface area contributed by atoms with Crippen molar-refractivity contribution in [3.63, 3.8) is 0 Å². The quantitative estimate of drug-likeness (QED) is 0.419. The van der Waals surface area contributed by atoms with Crippen LogP contribution in [0.2, 0.25) is 0 Å². The summed E-state index contributed by atoms with van der Waals surface area (Å²) in [6.45, 7) is 9.20. The van der Waals surface area contributed by atoms with Crippen LogP contribution >= 0.6 is 0 Å². The molecule has 0 spiro atoms. The van der Waals surface area contributed by atoms with Gasteiger partial charge in [0.1, 0.15) is 23.3 Å². The number of hydrogen-bond donors (Lipinski definition) is 0. The lowest BCUT2D eigenvalue weighted by molar-refractivity contribution is 0.330. The van der Waals surface area contributed by atoms with Crippen LogP contribution in [-0.2, 0) is 6.42 Å². The van der Waals surface area contributed by atoms with Crippen molar-refractivity contribution >= 4 is 27.6 Å². The van der Waals surface area contributed by atoms with E-state index in [1.807, 2.05) is 25.1 Å². The topological polar surface area (TPSA) is 61.1 Å². The molecule has 0 radical (unpaired) electrons. The first-order chi connectivity index (χ1) is 13.6. The first-order valence-electron chi connectivity index (χ1n) is 9.35. The Kier molecular flexibility index (Phi) is 4.79. The number of alkyl halides is 1. The van der Waals surface area contributed by atoms with Crippen LogP contribution in [0.4, 0.5) is 10.1 Å². The van der Waals surface area contributed by atoms with Crippen LogP contribution in [0.25, 0.3) is 26.8 Å². The Morgan fingerprint density at radius 3 is 2.83 bits per heavy atom. The fourth-order valence-electron chi connectivity index (χ4n) is 4.20. The smallest absolute Gasteiger partial charge is 0.188 e. The van der Waals surface area contributed by atoms with Gasteiger partial charge in [-0.25, -0.2) is 14.2 Å². The molecule has 6 nitrogen and oxygen atoms in total. The zero-order chi connectivity index (χ0) is 19.3. The van der Waals surface area contributed by atoms with Gasteiger partial charge >= 0.3 is 0 Å². The molecule has 0 bridgehead atoms. The van der Waals surface area contributed by atoms with Crippen LogP contribution in [0.15, 0.2) is 35.0 Å². The molecule has 7 heteroatoms. The van der Waals surface area contributed by atoms with Crippen LogP contribution in [-0.4, -0.2) is 25.9 Å². The molecule has 0 saturated heterocycles. The Morgan fingerprint density at radius 1 is 1.28 bits per heavy atom. The Morgan fingerprint density at radius 2 is 2.14 bits per heavy atom. The van der Waals surface area contributed by atoms with Gasteiger partial charge in [-0.3, -0.25) is 4.98 Å². The number of aryl methyl sites for hydroxylation is 1. The van der Waals surface area contributed by atoms with Gasteiger partial charge in [-0.2, -0.15) is 0 Å². The molecule has 0 aliphatic heterocycles. The molecule has 1 aliphatic rings. The summed E-state index contributed by atoms with van der Waals surface area (Å²) in [4.78, 5) is 12.9. The minimum absolute atomic E-state index is 0. The monoisotopic (exact) mass is 391 g/mol. The number of imidazole rings is 1. The summed E-state index contributed by atoms with van der Waals surface area (Å²) in [7, 11) is 0. The summed E-state index contributed by atoms with van der Waals surface area (Å²) in [5.74, 6) is 1.57. The summed E-state index contributed by atoms with van der Waals surface area (Å²) < 4.78 is 21.4. The van der Waals surface area contributed by atoms with Gasteiger partial charge in [0, 0.05) is 17.5 Å². The highest BCUT2D eigenvalue weighted by molar-refractivity contribution is 6.03. The maximum absolute atomic E-state index is 14.0. The molecule has 148 valence electrons. The maximum atomic E-state index is 14.0. The summed E-state index contributed by atoms with van der Waals surface area (Å²) in [6.07, 6.45) is 3.26. The third kappa shape index (κ3) is 3.25. The van der Waals surface area contributed by atoms with Gasteiger partial charge in [0.05, 0.1) is 35.9 Å². The number of halogens is 1. The number of aromatic nitrogens is 4. The fraction of sp³-hybridized carbons (Fsp3) is 0.364. The molecular weight excluding hydrogens is 369 g/mol. The average Bonchev–Trinajstić information content (AvgIpc) is 3.39. The van der Waals surface area contributed by atoms with Crippen LogP contribution in [0, 0.1) is 13.5 Å². The summed E-state index contributed by atoms with van der Waals surface area (Å²) in [6, 6.07) is 7.39. The third-order valence-corrected chi connectivity index (χ3v) is 5.42. The lowest BCUT2D eigenvalue weighted by Crippen LogP contribution is -2.11.